The van der Waals surface area contributed by atoms with Gasteiger partial charge in [0.15, 0.2) is 0 Å². The summed E-state index contributed by atoms with van der Waals surface area (Å²) in [5.41, 5.74) is 2.14. The largest absolute Gasteiger partial charge is 0.353 e. The molecule has 1 aliphatic rings. The molecule has 3 heteroatoms. The molecule has 1 aromatic carbocycles. The minimum absolute atomic E-state index is 0.635. The number of para-hydroxylation sites is 2. The van der Waals surface area contributed by atoms with Crippen molar-refractivity contribution in [2.45, 2.75) is 25.8 Å². The summed E-state index contributed by atoms with van der Waals surface area (Å²) in [5, 5.41) is 3.44. The van der Waals surface area contributed by atoms with E-state index in [1.54, 1.807) is 0 Å². The lowest BCUT2D eigenvalue weighted by Crippen LogP contribution is -2.05. The summed E-state index contributed by atoms with van der Waals surface area (Å²) in [5.74, 6) is 1.76. The minimum atomic E-state index is 0.635. The standard InChI is InChI=1S/C12H15N3/c1-2-8-7-11(8)15-12-13-9-5-3-4-6-10(9)14-12/h3-6,8,11H,2,7H2,1H3,(H2,13,14,15). The number of benzene rings is 1. The van der Waals surface area contributed by atoms with Crippen molar-refractivity contribution in [3.05, 3.63) is 24.3 Å². The van der Waals surface area contributed by atoms with Crippen LogP contribution in [-0.4, -0.2) is 16.0 Å². The Balaban J connectivity index is 1.81. The third-order valence-corrected chi connectivity index (χ3v) is 3.16. The topological polar surface area (TPSA) is 40.7 Å². The van der Waals surface area contributed by atoms with Crippen LogP contribution in [0.1, 0.15) is 19.8 Å². The Morgan fingerprint density at radius 2 is 2.33 bits per heavy atom. The van der Waals surface area contributed by atoms with Gasteiger partial charge in [-0.1, -0.05) is 25.5 Å². The molecule has 1 fully saturated rings. The van der Waals surface area contributed by atoms with E-state index in [1.807, 2.05) is 18.2 Å². The van der Waals surface area contributed by atoms with Gasteiger partial charge in [0.25, 0.3) is 0 Å². The summed E-state index contributed by atoms with van der Waals surface area (Å²) in [6.45, 7) is 2.24. The van der Waals surface area contributed by atoms with Gasteiger partial charge in [0.05, 0.1) is 11.0 Å². The summed E-state index contributed by atoms with van der Waals surface area (Å²) >= 11 is 0. The van der Waals surface area contributed by atoms with Crippen molar-refractivity contribution < 1.29 is 0 Å². The van der Waals surface area contributed by atoms with E-state index in [-0.39, 0.29) is 0 Å². The van der Waals surface area contributed by atoms with E-state index in [4.69, 9.17) is 0 Å². The number of nitrogens with zero attached hydrogens (tertiary/aromatic N) is 1. The van der Waals surface area contributed by atoms with Crippen LogP contribution in [0.5, 0.6) is 0 Å². The van der Waals surface area contributed by atoms with Crippen LogP contribution in [0.3, 0.4) is 0 Å². The lowest BCUT2D eigenvalue weighted by Gasteiger charge is -1.98. The van der Waals surface area contributed by atoms with Crippen molar-refractivity contribution in [3.63, 3.8) is 0 Å². The fourth-order valence-corrected chi connectivity index (χ4v) is 2.07. The zero-order chi connectivity index (χ0) is 10.3. The molecule has 0 amide bonds. The van der Waals surface area contributed by atoms with Gasteiger partial charge in [-0.2, -0.15) is 0 Å². The molecule has 2 aromatic rings. The van der Waals surface area contributed by atoms with Gasteiger partial charge in [-0.25, -0.2) is 4.98 Å². The van der Waals surface area contributed by atoms with Crippen molar-refractivity contribution in [3.8, 4) is 0 Å². The number of aromatic nitrogens is 2. The van der Waals surface area contributed by atoms with Gasteiger partial charge in [-0.3, -0.25) is 0 Å². The first-order valence-corrected chi connectivity index (χ1v) is 5.58. The lowest BCUT2D eigenvalue weighted by molar-refractivity contribution is 0.772. The number of rotatable bonds is 3. The van der Waals surface area contributed by atoms with Crippen molar-refractivity contribution in [1.82, 2.24) is 9.97 Å². The second-order valence-electron chi connectivity index (χ2n) is 4.26. The Kier molecular flexibility index (Phi) is 1.91. The average Bonchev–Trinajstić information content (AvgIpc) is 2.87. The Morgan fingerprint density at radius 1 is 1.47 bits per heavy atom. The quantitative estimate of drug-likeness (QED) is 0.801. The number of hydrogen-bond donors (Lipinski definition) is 2. The Morgan fingerprint density at radius 3 is 3.07 bits per heavy atom. The highest BCUT2D eigenvalue weighted by atomic mass is 15.2. The minimum Gasteiger partial charge on any atom is -0.353 e. The Hall–Kier alpha value is -1.51. The summed E-state index contributed by atoms with van der Waals surface area (Å²) in [6.07, 6.45) is 2.55. The van der Waals surface area contributed by atoms with E-state index >= 15 is 0 Å². The summed E-state index contributed by atoms with van der Waals surface area (Å²) in [6, 6.07) is 8.75. The van der Waals surface area contributed by atoms with E-state index in [0.29, 0.717) is 6.04 Å². The molecule has 0 radical (unpaired) electrons. The highest BCUT2D eigenvalue weighted by Crippen LogP contribution is 2.35. The van der Waals surface area contributed by atoms with Gasteiger partial charge in [-0.15, -0.1) is 0 Å². The van der Waals surface area contributed by atoms with Crippen molar-refractivity contribution in [2.24, 2.45) is 5.92 Å². The Labute approximate surface area is 88.9 Å². The highest BCUT2D eigenvalue weighted by Gasteiger charge is 2.35. The SMILES string of the molecule is CCC1CC1Nc1nc2ccccc2[nH]1. The van der Waals surface area contributed by atoms with Crippen LogP contribution in [-0.2, 0) is 0 Å². The molecule has 0 saturated heterocycles. The number of fused-ring (bicyclic) bond motifs is 1. The molecule has 15 heavy (non-hydrogen) atoms. The molecule has 1 heterocycles. The molecule has 1 aliphatic carbocycles. The van der Waals surface area contributed by atoms with Gasteiger partial charge in [0.1, 0.15) is 0 Å². The summed E-state index contributed by atoms with van der Waals surface area (Å²) in [4.78, 5) is 7.78. The highest BCUT2D eigenvalue weighted by molar-refractivity contribution is 5.77. The number of imidazole rings is 1. The molecular weight excluding hydrogens is 186 g/mol. The second-order valence-corrected chi connectivity index (χ2v) is 4.26. The summed E-state index contributed by atoms with van der Waals surface area (Å²) in [7, 11) is 0. The van der Waals surface area contributed by atoms with E-state index in [0.717, 1.165) is 22.9 Å². The van der Waals surface area contributed by atoms with E-state index < -0.39 is 0 Å². The molecule has 3 rings (SSSR count). The average molecular weight is 201 g/mol. The maximum atomic E-state index is 4.49. The maximum Gasteiger partial charge on any atom is 0.201 e. The molecule has 3 nitrogen and oxygen atoms in total. The number of H-pyrrole nitrogens is 1. The molecule has 0 aliphatic heterocycles. The number of hydrogen-bond acceptors (Lipinski definition) is 2. The van der Waals surface area contributed by atoms with Crippen LogP contribution in [0.4, 0.5) is 5.95 Å². The third kappa shape index (κ3) is 1.58. The van der Waals surface area contributed by atoms with E-state index in [9.17, 15) is 0 Å². The fraction of sp³-hybridized carbons (Fsp3) is 0.417. The van der Waals surface area contributed by atoms with Crippen LogP contribution in [0.2, 0.25) is 0 Å². The predicted molar refractivity (Wildman–Crippen MR) is 61.9 cm³/mol. The zero-order valence-electron chi connectivity index (χ0n) is 8.83. The molecule has 0 bridgehead atoms. The van der Waals surface area contributed by atoms with Crippen molar-refractivity contribution in [1.29, 1.82) is 0 Å². The second kappa shape index (κ2) is 3.26. The van der Waals surface area contributed by atoms with E-state index in [2.05, 4.69) is 28.3 Å². The molecular formula is C12H15N3. The smallest absolute Gasteiger partial charge is 0.201 e. The van der Waals surface area contributed by atoms with Crippen LogP contribution in [0, 0.1) is 5.92 Å². The van der Waals surface area contributed by atoms with E-state index in [1.165, 1.54) is 12.8 Å². The first kappa shape index (κ1) is 8.77. The maximum absolute atomic E-state index is 4.49. The first-order chi connectivity index (χ1) is 7.36. The summed E-state index contributed by atoms with van der Waals surface area (Å²) < 4.78 is 0. The monoisotopic (exact) mass is 201 g/mol. The van der Waals surface area contributed by atoms with Crippen molar-refractivity contribution in [2.75, 3.05) is 5.32 Å². The molecule has 1 saturated carbocycles. The molecule has 2 atom stereocenters. The lowest BCUT2D eigenvalue weighted by atomic mass is 10.3. The van der Waals surface area contributed by atoms with Gasteiger partial charge < -0.3 is 10.3 Å². The van der Waals surface area contributed by atoms with Crippen molar-refractivity contribution >= 4 is 17.0 Å². The van der Waals surface area contributed by atoms with Crippen LogP contribution >= 0.6 is 0 Å². The number of nitrogens with one attached hydrogen (secondary N) is 2. The number of aromatic amines is 1. The predicted octanol–water partition coefficient (Wildman–Crippen LogP) is 2.77. The first-order valence-electron chi connectivity index (χ1n) is 5.58. The zero-order valence-corrected chi connectivity index (χ0v) is 8.83. The number of anilines is 1. The fourth-order valence-electron chi connectivity index (χ4n) is 2.07. The van der Waals surface area contributed by atoms with Gasteiger partial charge >= 0.3 is 0 Å². The van der Waals surface area contributed by atoms with Crippen LogP contribution in [0.15, 0.2) is 24.3 Å². The normalized spacial score (nSPS) is 24.3. The van der Waals surface area contributed by atoms with Gasteiger partial charge in [0.2, 0.25) is 5.95 Å². The van der Waals surface area contributed by atoms with Crippen LogP contribution in [0.25, 0.3) is 11.0 Å². The van der Waals surface area contributed by atoms with Gasteiger partial charge in [-0.05, 0) is 24.5 Å². The Bertz CT molecular complexity index is 441. The molecule has 2 N–H and O–H groups in total. The van der Waals surface area contributed by atoms with Gasteiger partial charge in [0, 0.05) is 6.04 Å². The molecule has 1 aromatic heterocycles. The molecule has 2 unspecified atom stereocenters. The molecule has 78 valence electrons. The van der Waals surface area contributed by atoms with Crippen LogP contribution < -0.4 is 5.32 Å². The third-order valence-electron chi connectivity index (χ3n) is 3.16. The molecule has 0 spiro atoms.